The van der Waals surface area contributed by atoms with Gasteiger partial charge in [-0.05, 0) is 31.5 Å². The summed E-state index contributed by atoms with van der Waals surface area (Å²) in [6.07, 6.45) is -0.713. The topological polar surface area (TPSA) is 119 Å². The van der Waals surface area contributed by atoms with E-state index in [1.54, 1.807) is 0 Å². The van der Waals surface area contributed by atoms with Gasteiger partial charge in [0.15, 0.2) is 29.2 Å². The molecular formula is C19H19F3N4O5. The van der Waals surface area contributed by atoms with Gasteiger partial charge in [0.05, 0.1) is 12.2 Å². The van der Waals surface area contributed by atoms with Crippen LogP contribution in [0.15, 0.2) is 29.1 Å². The summed E-state index contributed by atoms with van der Waals surface area (Å²) in [5.41, 5.74) is -1.18. The first-order valence-electron chi connectivity index (χ1n) is 9.14. The first kappa shape index (κ1) is 23.6. The second-order valence-electron chi connectivity index (χ2n) is 6.32. The first-order chi connectivity index (χ1) is 14.6. The van der Waals surface area contributed by atoms with E-state index in [2.05, 4.69) is 10.4 Å². The summed E-state index contributed by atoms with van der Waals surface area (Å²) in [4.78, 5) is 47.6. The van der Waals surface area contributed by atoms with Crippen LogP contribution in [0.5, 0.6) is 0 Å². The Bertz CT molecular complexity index is 1060. The highest BCUT2D eigenvalue weighted by Crippen LogP contribution is 2.19. The van der Waals surface area contributed by atoms with Crippen LogP contribution in [-0.4, -0.2) is 40.2 Å². The van der Waals surface area contributed by atoms with Gasteiger partial charge in [-0.2, -0.15) is 5.10 Å². The number of hydrogen-bond acceptors (Lipinski definition) is 6. The molecule has 1 aromatic carbocycles. The van der Waals surface area contributed by atoms with Gasteiger partial charge in [-0.3, -0.25) is 14.4 Å². The van der Waals surface area contributed by atoms with Crippen molar-refractivity contribution in [2.45, 2.75) is 32.9 Å². The van der Waals surface area contributed by atoms with Crippen molar-refractivity contribution in [1.29, 1.82) is 0 Å². The van der Waals surface area contributed by atoms with Crippen LogP contribution in [0.25, 0.3) is 0 Å². The third-order valence-electron chi connectivity index (χ3n) is 3.90. The van der Waals surface area contributed by atoms with E-state index in [0.717, 1.165) is 22.9 Å². The van der Waals surface area contributed by atoms with E-state index in [1.807, 2.05) is 12.2 Å². The molecule has 12 heteroatoms. The third kappa shape index (κ3) is 6.14. The van der Waals surface area contributed by atoms with Gasteiger partial charge in [-0.1, -0.05) is 6.92 Å². The molecule has 2 aromatic rings. The average Bonchev–Trinajstić information content (AvgIpc) is 2.74. The Kier molecular flexibility index (Phi) is 7.88. The normalized spacial score (nSPS) is 11.5. The second-order valence-corrected chi connectivity index (χ2v) is 6.32. The van der Waals surface area contributed by atoms with E-state index < -0.39 is 59.1 Å². The Hall–Kier alpha value is -3.70. The molecule has 1 aromatic heterocycles. The summed E-state index contributed by atoms with van der Waals surface area (Å²) in [7, 11) is 0. The number of benzene rings is 1. The van der Waals surface area contributed by atoms with Gasteiger partial charge in [-0.15, -0.1) is 0 Å². The summed E-state index contributed by atoms with van der Waals surface area (Å²) in [6, 6.07) is 3.76. The highest BCUT2D eigenvalue weighted by atomic mass is 19.2. The number of carbonyl (C=O) groups is 3. The Labute approximate surface area is 174 Å². The molecule has 0 saturated carbocycles. The van der Waals surface area contributed by atoms with Gasteiger partial charge in [-0.25, -0.2) is 22.6 Å². The Balaban J connectivity index is 1.90. The molecule has 0 spiro atoms. The minimum Gasteiger partial charge on any atom is -0.448 e. The molecular weight excluding hydrogens is 421 g/mol. The lowest BCUT2D eigenvalue weighted by molar-refractivity contribution is -0.130. The van der Waals surface area contributed by atoms with Crippen LogP contribution in [0, 0.1) is 17.5 Å². The first-order valence-corrected chi connectivity index (χ1v) is 9.14. The van der Waals surface area contributed by atoms with E-state index in [-0.39, 0.29) is 5.69 Å². The van der Waals surface area contributed by atoms with Gasteiger partial charge in [0.25, 0.3) is 11.5 Å². The van der Waals surface area contributed by atoms with Gasteiger partial charge in [0.1, 0.15) is 0 Å². The third-order valence-corrected chi connectivity index (χ3v) is 3.90. The summed E-state index contributed by atoms with van der Waals surface area (Å²) in [5, 5.41) is 7.99. The lowest BCUT2D eigenvalue weighted by Crippen LogP contribution is -2.40. The van der Waals surface area contributed by atoms with Gasteiger partial charge >= 0.3 is 5.97 Å². The molecule has 0 saturated heterocycles. The highest BCUT2D eigenvalue weighted by molar-refractivity contribution is 5.96. The number of aromatic nitrogens is 2. The maximum atomic E-state index is 13.6. The second kappa shape index (κ2) is 10.4. The molecule has 9 nitrogen and oxygen atoms in total. The molecule has 31 heavy (non-hydrogen) atoms. The number of rotatable bonds is 8. The Morgan fingerprint density at radius 3 is 2.52 bits per heavy atom. The number of nitrogens with one attached hydrogen (secondary N) is 2. The van der Waals surface area contributed by atoms with Crippen molar-refractivity contribution in [3.05, 3.63) is 57.8 Å². The van der Waals surface area contributed by atoms with Gasteiger partial charge in [0.2, 0.25) is 5.91 Å². The predicted octanol–water partition coefficient (Wildman–Crippen LogP) is 1.37. The zero-order chi connectivity index (χ0) is 23.1. The van der Waals surface area contributed by atoms with Crippen molar-refractivity contribution in [2.24, 2.45) is 0 Å². The molecule has 0 bridgehead atoms. The number of amides is 2. The van der Waals surface area contributed by atoms with Crippen LogP contribution in [-0.2, 0) is 20.9 Å². The summed E-state index contributed by atoms with van der Waals surface area (Å²) < 4.78 is 45.7. The molecule has 0 aliphatic rings. The van der Waals surface area contributed by atoms with Crippen molar-refractivity contribution in [1.82, 2.24) is 15.1 Å². The molecule has 2 rings (SSSR count). The molecule has 0 aliphatic heterocycles. The van der Waals surface area contributed by atoms with Crippen molar-refractivity contribution in [2.75, 3.05) is 11.9 Å². The number of hydrogen-bond donors (Lipinski definition) is 2. The molecule has 2 amide bonds. The van der Waals surface area contributed by atoms with Crippen LogP contribution in [0.1, 0.15) is 30.8 Å². The Morgan fingerprint density at radius 1 is 1.13 bits per heavy atom. The van der Waals surface area contributed by atoms with Crippen molar-refractivity contribution in [3.8, 4) is 0 Å². The van der Waals surface area contributed by atoms with E-state index in [9.17, 15) is 32.3 Å². The quantitative estimate of drug-likeness (QED) is 0.473. The summed E-state index contributed by atoms with van der Waals surface area (Å²) in [6.45, 7) is 2.70. The maximum absolute atomic E-state index is 13.6. The van der Waals surface area contributed by atoms with Crippen molar-refractivity contribution in [3.63, 3.8) is 0 Å². The number of anilines is 1. The standard InChI is InChI=1S/C19H19F3N4O5/c1-3-8-26-15(28)7-6-13(25-26)19(30)31-10(2)18(29)23-9-14(27)24-12-5-4-11(20)16(21)17(12)22/h4-7,10H,3,8-9H2,1-2H3,(H,23,29)(H,24,27)/t10-/m0/s1. The molecule has 0 radical (unpaired) electrons. The number of carbonyl (C=O) groups excluding carboxylic acids is 3. The number of aryl methyl sites for hydroxylation is 1. The fourth-order valence-electron chi connectivity index (χ4n) is 2.33. The maximum Gasteiger partial charge on any atom is 0.359 e. The summed E-state index contributed by atoms with van der Waals surface area (Å²) >= 11 is 0. The smallest absolute Gasteiger partial charge is 0.359 e. The zero-order valence-corrected chi connectivity index (χ0v) is 16.6. The number of nitrogens with zero attached hydrogens (tertiary/aromatic N) is 2. The van der Waals surface area contributed by atoms with Crippen LogP contribution in [0.3, 0.4) is 0 Å². The van der Waals surface area contributed by atoms with Gasteiger partial charge < -0.3 is 15.4 Å². The predicted molar refractivity (Wildman–Crippen MR) is 102 cm³/mol. The zero-order valence-electron chi connectivity index (χ0n) is 16.6. The van der Waals surface area contributed by atoms with Crippen LogP contribution in [0.4, 0.5) is 18.9 Å². The van der Waals surface area contributed by atoms with E-state index in [0.29, 0.717) is 19.0 Å². The van der Waals surface area contributed by atoms with Gasteiger partial charge in [0, 0.05) is 12.6 Å². The number of ether oxygens (including phenoxy) is 1. The van der Waals surface area contributed by atoms with Crippen LogP contribution < -0.4 is 16.2 Å². The Morgan fingerprint density at radius 2 is 1.84 bits per heavy atom. The lowest BCUT2D eigenvalue weighted by atomic mass is 10.2. The monoisotopic (exact) mass is 440 g/mol. The highest BCUT2D eigenvalue weighted by Gasteiger charge is 2.21. The molecule has 0 unspecified atom stereocenters. The molecule has 0 fully saturated rings. The SMILES string of the molecule is CCCn1nc(C(=O)O[C@@H](C)C(=O)NCC(=O)Nc2ccc(F)c(F)c2F)ccc1=O. The lowest BCUT2D eigenvalue weighted by Gasteiger charge is -2.14. The van der Waals surface area contributed by atoms with E-state index >= 15 is 0 Å². The van der Waals surface area contributed by atoms with Crippen molar-refractivity contribution < 1.29 is 32.3 Å². The minimum atomic E-state index is -1.75. The van der Waals surface area contributed by atoms with E-state index in [1.165, 1.54) is 6.92 Å². The molecule has 0 aliphatic carbocycles. The largest absolute Gasteiger partial charge is 0.448 e. The van der Waals surface area contributed by atoms with E-state index in [4.69, 9.17) is 4.74 Å². The average molecular weight is 440 g/mol. The molecule has 166 valence electrons. The minimum absolute atomic E-state index is 0.181. The molecule has 1 heterocycles. The fraction of sp³-hybridized carbons (Fsp3) is 0.316. The fourth-order valence-corrected chi connectivity index (χ4v) is 2.33. The van der Waals surface area contributed by atoms with Crippen LogP contribution in [0.2, 0.25) is 0 Å². The van der Waals surface area contributed by atoms with Crippen LogP contribution >= 0.6 is 0 Å². The molecule has 2 N–H and O–H groups in total. The number of halogens is 3. The number of esters is 1. The molecule has 1 atom stereocenters. The summed E-state index contributed by atoms with van der Waals surface area (Å²) in [5.74, 6) is -7.48. The van der Waals surface area contributed by atoms with Crippen molar-refractivity contribution >= 4 is 23.5 Å².